The quantitative estimate of drug-likeness (QED) is 0.922. The van der Waals surface area contributed by atoms with Crippen LogP contribution in [0.3, 0.4) is 0 Å². The first-order chi connectivity index (χ1) is 9.24. The topological polar surface area (TPSA) is 61.0 Å². The Balaban J connectivity index is 1.72. The van der Waals surface area contributed by atoms with E-state index in [0.29, 0.717) is 5.92 Å². The van der Waals surface area contributed by atoms with E-state index in [0.717, 1.165) is 38.0 Å². The molecule has 5 heteroatoms. The molecule has 0 aromatic carbocycles. The van der Waals surface area contributed by atoms with Crippen molar-refractivity contribution in [3.63, 3.8) is 0 Å². The fraction of sp³-hybridized carbons (Fsp3) is 0.857. The average molecular weight is 281 g/mol. The minimum Gasteiger partial charge on any atom is -0.375 e. The summed E-state index contributed by atoms with van der Waals surface area (Å²) in [6, 6.07) is 0.0999. The van der Waals surface area contributed by atoms with Gasteiger partial charge in [0.25, 0.3) is 0 Å². The van der Waals surface area contributed by atoms with Gasteiger partial charge in [-0.1, -0.05) is 17.8 Å². The van der Waals surface area contributed by atoms with Gasteiger partial charge in [-0.25, -0.2) is 0 Å². The Labute approximate surface area is 118 Å². The number of nitrogens with two attached hydrogens (primary N) is 1. The molecule has 0 bridgehead atoms. The molecule has 2 unspecified atom stereocenters. The smallest absolute Gasteiger partial charge is 0.0803 e. The van der Waals surface area contributed by atoms with Crippen LogP contribution in [0.2, 0.25) is 0 Å². The molecule has 1 saturated carbocycles. The van der Waals surface area contributed by atoms with E-state index in [1.165, 1.54) is 35.7 Å². The normalized spacial score (nSPS) is 27.2. The molecule has 106 valence electrons. The van der Waals surface area contributed by atoms with Gasteiger partial charge in [-0.05, 0) is 56.0 Å². The first kappa shape index (κ1) is 13.5. The van der Waals surface area contributed by atoms with Crippen LogP contribution in [0.5, 0.6) is 0 Å². The Bertz CT molecular complexity index is 430. The van der Waals surface area contributed by atoms with Crippen molar-refractivity contribution in [2.45, 2.75) is 63.5 Å². The van der Waals surface area contributed by atoms with Crippen LogP contribution in [0.4, 0.5) is 0 Å². The van der Waals surface area contributed by atoms with Crippen LogP contribution in [0, 0.1) is 5.92 Å². The van der Waals surface area contributed by atoms with Crippen molar-refractivity contribution in [3.05, 3.63) is 10.6 Å². The van der Waals surface area contributed by atoms with Crippen LogP contribution in [0.15, 0.2) is 0 Å². The molecule has 1 spiro atoms. The Kier molecular flexibility index (Phi) is 3.87. The molecule has 1 aromatic rings. The first-order valence-electron chi connectivity index (χ1n) is 7.45. The summed E-state index contributed by atoms with van der Waals surface area (Å²) in [5.41, 5.74) is 7.81. The summed E-state index contributed by atoms with van der Waals surface area (Å²) in [7, 11) is 0. The minimum absolute atomic E-state index is 0.0999. The molecule has 2 heterocycles. The Morgan fingerprint density at radius 2 is 2.37 bits per heavy atom. The third kappa shape index (κ3) is 2.56. The lowest BCUT2D eigenvalue weighted by atomic mass is 9.70. The lowest BCUT2D eigenvalue weighted by molar-refractivity contribution is -0.146. The zero-order chi connectivity index (χ0) is 13.3. The van der Waals surface area contributed by atoms with Crippen molar-refractivity contribution in [2.24, 2.45) is 11.7 Å². The highest BCUT2D eigenvalue weighted by Crippen LogP contribution is 2.47. The average Bonchev–Trinajstić information content (AvgIpc) is 2.85. The number of ether oxygens (including phenoxy) is 1. The van der Waals surface area contributed by atoms with Crippen LogP contribution >= 0.6 is 11.5 Å². The van der Waals surface area contributed by atoms with Crippen molar-refractivity contribution >= 4 is 11.5 Å². The predicted molar refractivity (Wildman–Crippen MR) is 76.1 cm³/mol. The van der Waals surface area contributed by atoms with Gasteiger partial charge < -0.3 is 10.5 Å². The molecule has 2 aliphatic rings. The maximum Gasteiger partial charge on any atom is 0.0803 e. The van der Waals surface area contributed by atoms with Gasteiger partial charge in [-0.15, -0.1) is 5.10 Å². The number of hydrogen-bond donors (Lipinski definition) is 1. The lowest BCUT2D eigenvalue weighted by Crippen LogP contribution is -2.47. The minimum atomic E-state index is 0.0999. The van der Waals surface area contributed by atoms with Gasteiger partial charge in [-0.3, -0.25) is 0 Å². The van der Waals surface area contributed by atoms with Gasteiger partial charge in [0.05, 0.1) is 16.2 Å². The zero-order valence-electron chi connectivity index (χ0n) is 11.6. The largest absolute Gasteiger partial charge is 0.375 e. The number of aromatic nitrogens is 2. The van der Waals surface area contributed by atoms with E-state index in [4.69, 9.17) is 10.5 Å². The fourth-order valence-electron chi connectivity index (χ4n) is 3.38. The number of aryl methyl sites for hydroxylation is 1. The van der Waals surface area contributed by atoms with Gasteiger partial charge in [-0.2, -0.15) is 0 Å². The third-order valence-corrected chi connectivity index (χ3v) is 5.55. The molecule has 0 radical (unpaired) electrons. The second kappa shape index (κ2) is 5.46. The van der Waals surface area contributed by atoms with E-state index in [1.807, 2.05) is 0 Å². The molecule has 3 rings (SSSR count). The molecule has 1 saturated heterocycles. The molecule has 1 aromatic heterocycles. The monoisotopic (exact) mass is 281 g/mol. The maximum absolute atomic E-state index is 6.52. The number of rotatable bonds is 4. The van der Waals surface area contributed by atoms with Crippen molar-refractivity contribution < 1.29 is 4.74 Å². The second-order valence-corrected chi connectivity index (χ2v) is 6.78. The molecule has 4 nitrogen and oxygen atoms in total. The molecular weight excluding hydrogens is 258 g/mol. The highest BCUT2D eigenvalue weighted by atomic mass is 32.1. The summed E-state index contributed by atoms with van der Waals surface area (Å²) in [5.74, 6) is 0.534. The summed E-state index contributed by atoms with van der Waals surface area (Å²) in [6.45, 7) is 3.04. The second-order valence-electron chi connectivity index (χ2n) is 6.00. The van der Waals surface area contributed by atoms with E-state index in [-0.39, 0.29) is 11.6 Å². The third-order valence-electron chi connectivity index (χ3n) is 4.68. The molecule has 1 aliphatic carbocycles. The molecule has 1 aliphatic heterocycles. The molecule has 2 N–H and O–H groups in total. The maximum atomic E-state index is 6.52. The van der Waals surface area contributed by atoms with Gasteiger partial charge in [0.15, 0.2) is 0 Å². The van der Waals surface area contributed by atoms with Crippen molar-refractivity contribution in [1.82, 2.24) is 9.59 Å². The Morgan fingerprint density at radius 3 is 3.05 bits per heavy atom. The summed E-state index contributed by atoms with van der Waals surface area (Å²) >= 11 is 1.49. The highest BCUT2D eigenvalue weighted by Gasteiger charge is 2.44. The van der Waals surface area contributed by atoms with Gasteiger partial charge in [0.1, 0.15) is 0 Å². The molecule has 0 amide bonds. The van der Waals surface area contributed by atoms with E-state index in [9.17, 15) is 0 Å². The SMILES string of the molecule is CCCc1nnsc1C(N)C1CCOC2(CCC2)C1. The first-order valence-corrected chi connectivity index (χ1v) is 8.22. The summed E-state index contributed by atoms with van der Waals surface area (Å²) in [5, 5.41) is 4.25. The standard InChI is InChI=1S/C14H23N3OS/c1-2-4-11-13(19-17-16-11)12(15)10-5-8-18-14(9-10)6-3-7-14/h10,12H,2-9,15H2,1H3. The van der Waals surface area contributed by atoms with Gasteiger partial charge >= 0.3 is 0 Å². The zero-order valence-corrected chi connectivity index (χ0v) is 12.4. The van der Waals surface area contributed by atoms with Gasteiger partial charge in [0, 0.05) is 12.6 Å². The molecule has 19 heavy (non-hydrogen) atoms. The van der Waals surface area contributed by atoms with Crippen molar-refractivity contribution in [1.29, 1.82) is 0 Å². The van der Waals surface area contributed by atoms with E-state index in [1.54, 1.807) is 0 Å². The van der Waals surface area contributed by atoms with E-state index in [2.05, 4.69) is 16.5 Å². The highest BCUT2D eigenvalue weighted by molar-refractivity contribution is 7.05. The van der Waals surface area contributed by atoms with E-state index >= 15 is 0 Å². The Morgan fingerprint density at radius 1 is 1.53 bits per heavy atom. The fourth-order valence-corrected chi connectivity index (χ4v) is 4.17. The van der Waals surface area contributed by atoms with Crippen LogP contribution < -0.4 is 5.73 Å². The lowest BCUT2D eigenvalue weighted by Gasteiger charge is -2.48. The molecule has 2 atom stereocenters. The van der Waals surface area contributed by atoms with Crippen LogP contribution in [0.25, 0.3) is 0 Å². The summed E-state index contributed by atoms with van der Waals surface area (Å²) < 4.78 is 10.1. The van der Waals surface area contributed by atoms with Crippen LogP contribution in [-0.2, 0) is 11.2 Å². The Hall–Kier alpha value is -0.520. The predicted octanol–water partition coefficient (Wildman–Crippen LogP) is 2.84. The molecule has 2 fully saturated rings. The number of nitrogens with zero attached hydrogens (tertiary/aromatic N) is 2. The summed E-state index contributed by atoms with van der Waals surface area (Å²) in [4.78, 5) is 1.21. The van der Waals surface area contributed by atoms with Crippen LogP contribution in [0.1, 0.15) is 62.1 Å². The van der Waals surface area contributed by atoms with Crippen molar-refractivity contribution in [2.75, 3.05) is 6.61 Å². The number of hydrogen-bond acceptors (Lipinski definition) is 5. The molecular formula is C14H23N3OS. The summed E-state index contributed by atoms with van der Waals surface area (Å²) in [6.07, 6.45) is 8.05. The van der Waals surface area contributed by atoms with E-state index < -0.39 is 0 Å². The van der Waals surface area contributed by atoms with Gasteiger partial charge in [0.2, 0.25) is 0 Å². The van der Waals surface area contributed by atoms with Crippen molar-refractivity contribution in [3.8, 4) is 0 Å². The van der Waals surface area contributed by atoms with Crippen LogP contribution in [-0.4, -0.2) is 21.8 Å².